The van der Waals surface area contributed by atoms with Gasteiger partial charge in [0.1, 0.15) is 0 Å². The Balaban J connectivity index is 2.86. The summed E-state index contributed by atoms with van der Waals surface area (Å²) < 4.78 is 0. The van der Waals surface area contributed by atoms with E-state index in [0.717, 1.165) is 5.56 Å². The van der Waals surface area contributed by atoms with E-state index < -0.39 is 11.8 Å². The molecule has 0 aliphatic rings. The van der Waals surface area contributed by atoms with Crippen molar-refractivity contribution in [1.82, 2.24) is 10.3 Å². The molecule has 0 radical (unpaired) electrons. The number of rotatable bonds is 2. The number of carbonyl (C=O) groups is 2. The largest absolute Gasteiger partial charge is 0.331 e. The summed E-state index contributed by atoms with van der Waals surface area (Å²) in [5.74, 6) is 3.37. The van der Waals surface area contributed by atoms with Crippen molar-refractivity contribution < 1.29 is 9.59 Å². The standard InChI is InChI=1S/C11H14ClN3O2/c1-7(8-4-3-5-9(12)6-8)15(2)11(17)10(16)14-13/h3-7H,13H2,1-2H3,(H,14,16). The minimum Gasteiger partial charge on any atom is -0.331 e. The van der Waals surface area contributed by atoms with Gasteiger partial charge in [-0.2, -0.15) is 0 Å². The molecule has 1 rings (SSSR count). The third-order valence-electron chi connectivity index (χ3n) is 2.56. The molecule has 0 aliphatic heterocycles. The fourth-order valence-electron chi connectivity index (χ4n) is 1.39. The van der Waals surface area contributed by atoms with Crippen LogP contribution in [-0.2, 0) is 9.59 Å². The van der Waals surface area contributed by atoms with E-state index in [-0.39, 0.29) is 6.04 Å². The molecule has 1 unspecified atom stereocenters. The van der Waals surface area contributed by atoms with Crippen LogP contribution in [0.3, 0.4) is 0 Å². The zero-order valence-corrected chi connectivity index (χ0v) is 10.4. The predicted molar refractivity (Wildman–Crippen MR) is 65.0 cm³/mol. The van der Waals surface area contributed by atoms with Crippen LogP contribution in [0.4, 0.5) is 0 Å². The molecule has 17 heavy (non-hydrogen) atoms. The average Bonchev–Trinajstić information content (AvgIpc) is 2.35. The number of nitrogens with two attached hydrogens (primary N) is 1. The van der Waals surface area contributed by atoms with E-state index in [1.807, 2.05) is 11.5 Å². The Kier molecular flexibility index (Phi) is 4.48. The maximum atomic E-state index is 11.6. The van der Waals surface area contributed by atoms with E-state index in [0.29, 0.717) is 5.02 Å². The summed E-state index contributed by atoms with van der Waals surface area (Å²) in [5.41, 5.74) is 2.65. The molecule has 0 heterocycles. The topological polar surface area (TPSA) is 75.4 Å². The smallest absolute Gasteiger partial charge is 0.323 e. The van der Waals surface area contributed by atoms with E-state index in [9.17, 15) is 9.59 Å². The van der Waals surface area contributed by atoms with Crippen LogP contribution in [0.1, 0.15) is 18.5 Å². The fourth-order valence-corrected chi connectivity index (χ4v) is 1.59. The lowest BCUT2D eigenvalue weighted by Gasteiger charge is -2.24. The molecule has 2 amide bonds. The van der Waals surface area contributed by atoms with Gasteiger partial charge < -0.3 is 4.90 Å². The molecule has 92 valence electrons. The van der Waals surface area contributed by atoms with Gasteiger partial charge in [0, 0.05) is 12.1 Å². The molecule has 0 saturated carbocycles. The first kappa shape index (κ1) is 13.5. The maximum Gasteiger partial charge on any atom is 0.323 e. The van der Waals surface area contributed by atoms with Crippen LogP contribution in [0.15, 0.2) is 24.3 Å². The van der Waals surface area contributed by atoms with Gasteiger partial charge in [-0.1, -0.05) is 23.7 Å². The van der Waals surface area contributed by atoms with Crippen LogP contribution in [0.2, 0.25) is 5.02 Å². The van der Waals surface area contributed by atoms with E-state index in [1.165, 1.54) is 11.9 Å². The first-order valence-corrected chi connectivity index (χ1v) is 5.38. The molecule has 1 aromatic rings. The van der Waals surface area contributed by atoms with Gasteiger partial charge in [-0.3, -0.25) is 15.0 Å². The highest BCUT2D eigenvalue weighted by molar-refractivity contribution is 6.34. The summed E-state index contributed by atoms with van der Waals surface area (Å²) in [6.07, 6.45) is 0. The molecule has 0 aromatic heterocycles. The monoisotopic (exact) mass is 255 g/mol. The number of hydrogen-bond donors (Lipinski definition) is 2. The van der Waals surface area contributed by atoms with Gasteiger partial charge in [-0.25, -0.2) is 5.84 Å². The summed E-state index contributed by atoms with van der Waals surface area (Å²) in [5, 5.41) is 0.582. The molecule has 6 heteroatoms. The van der Waals surface area contributed by atoms with Crippen molar-refractivity contribution in [2.45, 2.75) is 13.0 Å². The molecular weight excluding hydrogens is 242 g/mol. The first-order chi connectivity index (χ1) is 7.97. The van der Waals surface area contributed by atoms with Gasteiger partial charge in [0.25, 0.3) is 0 Å². The Labute approximate surface area is 105 Å². The lowest BCUT2D eigenvalue weighted by molar-refractivity contribution is -0.146. The summed E-state index contributed by atoms with van der Waals surface area (Å²) in [6.45, 7) is 1.80. The SMILES string of the molecule is CC(c1cccc(Cl)c1)N(C)C(=O)C(=O)NN. The highest BCUT2D eigenvalue weighted by Gasteiger charge is 2.22. The number of amides is 2. The Bertz CT molecular complexity index is 436. The number of likely N-dealkylation sites (N-methyl/N-ethyl adjacent to an activating group) is 1. The molecule has 0 aliphatic carbocycles. The van der Waals surface area contributed by atoms with Crippen LogP contribution in [-0.4, -0.2) is 23.8 Å². The summed E-state index contributed by atoms with van der Waals surface area (Å²) in [7, 11) is 1.53. The zero-order valence-electron chi connectivity index (χ0n) is 9.61. The Morgan fingerprint density at radius 3 is 2.65 bits per heavy atom. The van der Waals surface area contributed by atoms with Gasteiger partial charge >= 0.3 is 11.8 Å². The lowest BCUT2D eigenvalue weighted by atomic mass is 10.1. The van der Waals surface area contributed by atoms with Crippen molar-refractivity contribution in [1.29, 1.82) is 0 Å². The number of benzene rings is 1. The quantitative estimate of drug-likeness (QED) is 0.356. The van der Waals surface area contributed by atoms with E-state index in [2.05, 4.69) is 0 Å². The van der Waals surface area contributed by atoms with Crippen LogP contribution in [0.25, 0.3) is 0 Å². The van der Waals surface area contributed by atoms with Gasteiger partial charge in [0.2, 0.25) is 0 Å². The lowest BCUT2D eigenvalue weighted by Crippen LogP contribution is -2.44. The second kappa shape index (κ2) is 5.65. The van der Waals surface area contributed by atoms with E-state index in [4.69, 9.17) is 17.4 Å². The van der Waals surface area contributed by atoms with E-state index >= 15 is 0 Å². The number of carbonyl (C=O) groups excluding carboxylic acids is 2. The van der Waals surface area contributed by atoms with E-state index in [1.54, 1.807) is 25.1 Å². The highest BCUT2D eigenvalue weighted by Crippen LogP contribution is 2.21. The molecule has 3 N–H and O–H groups in total. The predicted octanol–water partition coefficient (Wildman–Crippen LogP) is 0.849. The number of nitrogens with one attached hydrogen (secondary N) is 1. The number of nitrogens with zero attached hydrogens (tertiary/aromatic N) is 1. The average molecular weight is 256 g/mol. The highest BCUT2D eigenvalue weighted by atomic mass is 35.5. The Morgan fingerprint density at radius 2 is 2.12 bits per heavy atom. The summed E-state index contributed by atoms with van der Waals surface area (Å²) in [6, 6.07) is 6.84. The molecule has 1 atom stereocenters. The van der Waals surface area contributed by atoms with Crippen molar-refractivity contribution in [2.24, 2.45) is 5.84 Å². The minimum atomic E-state index is -0.846. The third-order valence-corrected chi connectivity index (χ3v) is 2.79. The minimum absolute atomic E-state index is 0.265. The van der Waals surface area contributed by atoms with Gasteiger partial charge in [0.15, 0.2) is 0 Å². The molecular formula is C11H14ClN3O2. The fraction of sp³-hybridized carbons (Fsp3) is 0.273. The van der Waals surface area contributed by atoms with Gasteiger partial charge in [-0.05, 0) is 24.6 Å². The van der Waals surface area contributed by atoms with Gasteiger partial charge in [-0.15, -0.1) is 0 Å². The molecule has 0 spiro atoms. The molecule has 0 saturated heterocycles. The van der Waals surface area contributed by atoms with Crippen molar-refractivity contribution in [3.05, 3.63) is 34.9 Å². The van der Waals surface area contributed by atoms with Gasteiger partial charge in [0.05, 0.1) is 6.04 Å². The Hall–Kier alpha value is -1.59. The summed E-state index contributed by atoms with van der Waals surface area (Å²) in [4.78, 5) is 24.0. The van der Waals surface area contributed by atoms with Crippen LogP contribution in [0, 0.1) is 0 Å². The summed E-state index contributed by atoms with van der Waals surface area (Å²) >= 11 is 5.86. The van der Waals surface area contributed by atoms with Crippen molar-refractivity contribution in [3.8, 4) is 0 Å². The zero-order chi connectivity index (χ0) is 13.0. The third kappa shape index (κ3) is 3.18. The van der Waals surface area contributed by atoms with Crippen LogP contribution < -0.4 is 11.3 Å². The van der Waals surface area contributed by atoms with Crippen molar-refractivity contribution in [2.75, 3.05) is 7.05 Å². The molecule has 5 nitrogen and oxygen atoms in total. The molecule has 0 bridgehead atoms. The van der Waals surface area contributed by atoms with Crippen LogP contribution >= 0.6 is 11.6 Å². The number of hydrazine groups is 1. The normalized spacial score (nSPS) is 11.8. The van der Waals surface area contributed by atoms with Crippen molar-refractivity contribution in [3.63, 3.8) is 0 Å². The second-order valence-corrected chi connectivity index (χ2v) is 4.06. The Morgan fingerprint density at radius 1 is 1.47 bits per heavy atom. The maximum absolute atomic E-state index is 11.6. The molecule has 0 fully saturated rings. The van der Waals surface area contributed by atoms with Crippen molar-refractivity contribution >= 4 is 23.4 Å². The van der Waals surface area contributed by atoms with Crippen LogP contribution in [0.5, 0.6) is 0 Å². The molecule has 1 aromatic carbocycles. The number of halogens is 1. The number of hydrogen-bond acceptors (Lipinski definition) is 3. The first-order valence-electron chi connectivity index (χ1n) is 5.00. The second-order valence-electron chi connectivity index (χ2n) is 3.62.